The molecular formula is C22H24FN3O2S. The smallest absolute Gasteiger partial charge is 0.268 e. The van der Waals surface area contributed by atoms with Crippen molar-refractivity contribution >= 4 is 15.7 Å². The molecule has 2 aromatic carbocycles. The molecule has 1 aliphatic heterocycles. The second kappa shape index (κ2) is 7.65. The van der Waals surface area contributed by atoms with Gasteiger partial charge in [0.2, 0.25) is 0 Å². The van der Waals surface area contributed by atoms with Gasteiger partial charge in [0.05, 0.1) is 10.6 Å². The largest absolute Gasteiger partial charge is 0.369 e. The Bertz CT molecular complexity index is 1130. The molecule has 1 aromatic heterocycles. The topological polar surface area (TPSA) is 45.6 Å². The molecule has 0 radical (unpaired) electrons. The minimum atomic E-state index is -3.87. The van der Waals surface area contributed by atoms with Gasteiger partial charge in [0.15, 0.2) is 0 Å². The molecule has 29 heavy (non-hydrogen) atoms. The lowest BCUT2D eigenvalue weighted by Crippen LogP contribution is -2.44. The van der Waals surface area contributed by atoms with Crippen LogP contribution in [0.3, 0.4) is 0 Å². The summed E-state index contributed by atoms with van der Waals surface area (Å²) in [7, 11) is -1.79. The van der Waals surface area contributed by atoms with Gasteiger partial charge < -0.3 is 9.80 Å². The van der Waals surface area contributed by atoms with Gasteiger partial charge in [0.25, 0.3) is 10.0 Å². The molecule has 2 heterocycles. The number of halogens is 1. The molecule has 1 fully saturated rings. The van der Waals surface area contributed by atoms with Crippen molar-refractivity contribution in [1.82, 2.24) is 8.87 Å². The first kappa shape index (κ1) is 19.7. The van der Waals surface area contributed by atoms with E-state index < -0.39 is 15.8 Å². The molecule has 0 atom stereocenters. The van der Waals surface area contributed by atoms with Crippen LogP contribution in [0.5, 0.6) is 0 Å². The van der Waals surface area contributed by atoms with Crippen molar-refractivity contribution in [3.8, 4) is 11.3 Å². The zero-order chi connectivity index (χ0) is 20.6. The Morgan fingerprint density at radius 1 is 0.931 bits per heavy atom. The van der Waals surface area contributed by atoms with Gasteiger partial charge in [-0.1, -0.05) is 18.2 Å². The molecule has 1 saturated heterocycles. The summed E-state index contributed by atoms with van der Waals surface area (Å²) in [5.41, 5.74) is 2.22. The Kier molecular flexibility index (Phi) is 5.19. The molecule has 5 nitrogen and oxygen atoms in total. The van der Waals surface area contributed by atoms with Crippen molar-refractivity contribution in [1.29, 1.82) is 0 Å². The zero-order valence-electron chi connectivity index (χ0n) is 16.5. The maximum absolute atomic E-state index is 14.4. The van der Waals surface area contributed by atoms with Gasteiger partial charge in [-0.25, -0.2) is 16.8 Å². The third-order valence-electron chi connectivity index (χ3n) is 5.32. The predicted octanol–water partition coefficient (Wildman–Crippen LogP) is 3.59. The highest BCUT2D eigenvalue weighted by Gasteiger charge is 2.24. The number of piperazine rings is 1. The molecule has 0 amide bonds. The van der Waals surface area contributed by atoms with E-state index in [0.717, 1.165) is 37.4 Å². The number of hydrogen-bond donors (Lipinski definition) is 0. The molecule has 3 aromatic rings. The fourth-order valence-corrected chi connectivity index (χ4v) is 5.12. The number of rotatable bonds is 4. The van der Waals surface area contributed by atoms with Crippen LogP contribution in [0.25, 0.3) is 11.3 Å². The molecule has 0 saturated carbocycles. The van der Waals surface area contributed by atoms with Crippen LogP contribution in [0.1, 0.15) is 5.56 Å². The van der Waals surface area contributed by atoms with Crippen molar-refractivity contribution < 1.29 is 12.8 Å². The first-order valence-electron chi connectivity index (χ1n) is 9.59. The Hall–Kier alpha value is -2.64. The molecule has 0 bridgehead atoms. The van der Waals surface area contributed by atoms with Crippen LogP contribution >= 0.6 is 0 Å². The van der Waals surface area contributed by atoms with Crippen LogP contribution in [0.2, 0.25) is 0 Å². The number of hydrogen-bond acceptors (Lipinski definition) is 4. The van der Waals surface area contributed by atoms with Gasteiger partial charge in [0, 0.05) is 43.6 Å². The number of benzene rings is 2. The van der Waals surface area contributed by atoms with Gasteiger partial charge in [-0.05, 0) is 55.9 Å². The average molecular weight is 414 g/mol. The lowest BCUT2D eigenvalue weighted by atomic mass is 10.1. The van der Waals surface area contributed by atoms with E-state index in [0.29, 0.717) is 5.69 Å². The first-order valence-corrected chi connectivity index (χ1v) is 11.0. The maximum Gasteiger partial charge on any atom is 0.268 e. The average Bonchev–Trinajstić information content (AvgIpc) is 3.11. The highest BCUT2D eigenvalue weighted by Crippen LogP contribution is 2.30. The normalized spacial score (nSPS) is 15.6. The summed E-state index contributed by atoms with van der Waals surface area (Å²) in [5.74, 6) is -0.451. The van der Waals surface area contributed by atoms with Crippen molar-refractivity contribution in [2.75, 3.05) is 38.1 Å². The molecule has 0 N–H and O–H groups in total. The lowest BCUT2D eigenvalue weighted by Gasteiger charge is -2.34. The highest BCUT2D eigenvalue weighted by atomic mass is 32.2. The monoisotopic (exact) mass is 413 g/mol. The Balaban J connectivity index is 1.75. The fourth-order valence-electron chi connectivity index (χ4n) is 3.65. The highest BCUT2D eigenvalue weighted by molar-refractivity contribution is 7.90. The minimum absolute atomic E-state index is 0.196. The molecular weight excluding hydrogens is 389 g/mol. The van der Waals surface area contributed by atoms with Crippen LogP contribution < -0.4 is 4.90 Å². The second-order valence-electron chi connectivity index (χ2n) is 7.47. The summed E-state index contributed by atoms with van der Waals surface area (Å²) in [6.45, 7) is 5.37. The van der Waals surface area contributed by atoms with Crippen molar-refractivity contribution in [2.45, 2.75) is 11.8 Å². The Labute approximate surface area is 171 Å². The summed E-state index contributed by atoms with van der Waals surface area (Å²) in [6.07, 6.45) is 1.54. The van der Waals surface area contributed by atoms with Gasteiger partial charge >= 0.3 is 0 Å². The van der Waals surface area contributed by atoms with Gasteiger partial charge in [-0.2, -0.15) is 0 Å². The van der Waals surface area contributed by atoms with E-state index >= 15 is 0 Å². The molecule has 152 valence electrons. The Morgan fingerprint density at radius 2 is 1.66 bits per heavy atom. The number of anilines is 1. The van der Waals surface area contributed by atoms with Crippen LogP contribution in [0.4, 0.5) is 10.1 Å². The quantitative estimate of drug-likeness (QED) is 0.656. The first-order chi connectivity index (χ1) is 13.9. The summed E-state index contributed by atoms with van der Waals surface area (Å²) in [5, 5.41) is 0. The number of aryl methyl sites for hydroxylation is 1. The molecule has 0 unspecified atom stereocenters. The standard InChI is InChI=1S/C22H24FN3O2S/c1-17-14-22(20-8-3-4-9-21(20)23)26(16-17)29(27,28)19-7-5-6-18(15-19)25-12-10-24(2)11-13-25/h3-9,14-16H,10-13H2,1-2H3. The third-order valence-corrected chi connectivity index (χ3v) is 6.99. The van der Waals surface area contributed by atoms with E-state index in [-0.39, 0.29) is 10.5 Å². The molecule has 0 spiro atoms. The van der Waals surface area contributed by atoms with Gasteiger partial charge in [0.1, 0.15) is 5.82 Å². The second-order valence-corrected chi connectivity index (χ2v) is 9.29. The summed E-state index contributed by atoms with van der Waals surface area (Å²) >= 11 is 0. The van der Waals surface area contributed by atoms with Crippen LogP contribution in [0.15, 0.2) is 65.7 Å². The van der Waals surface area contributed by atoms with Crippen molar-refractivity contribution in [2.24, 2.45) is 0 Å². The number of likely N-dealkylation sites (N-methyl/N-ethyl adjacent to an activating group) is 1. The fraction of sp³-hybridized carbons (Fsp3) is 0.273. The molecule has 7 heteroatoms. The van der Waals surface area contributed by atoms with E-state index in [2.05, 4.69) is 16.8 Å². The zero-order valence-corrected chi connectivity index (χ0v) is 17.4. The van der Waals surface area contributed by atoms with Crippen molar-refractivity contribution in [3.05, 3.63) is 72.2 Å². The lowest BCUT2D eigenvalue weighted by molar-refractivity contribution is 0.313. The number of aromatic nitrogens is 1. The van der Waals surface area contributed by atoms with E-state index in [1.165, 1.54) is 10.0 Å². The van der Waals surface area contributed by atoms with E-state index in [1.54, 1.807) is 55.6 Å². The third kappa shape index (κ3) is 3.80. The molecule has 0 aliphatic carbocycles. The minimum Gasteiger partial charge on any atom is -0.369 e. The summed E-state index contributed by atoms with van der Waals surface area (Å²) in [4.78, 5) is 4.64. The van der Waals surface area contributed by atoms with Crippen LogP contribution in [0, 0.1) is 12.7 Å². The van der Waals surface area contributed by atoms with E-state index in [9.17, 15) is 12.8 Å². The van der Waals surface area contributed by atoms with Gasteiger partial charge in [-0.3, -0.25) is 0 Å². The van der Waals surface area contributed by atoms with Crippen LogP contribution in [-0.4, -0.2) is 50.5 Å². The SMILES string of the molecule is Cc1cc(-c2ccccc2F)n(S(=O)(=O)c2cccc(N3CCN(C)CC3)c2)c1. The van der Waals surface area contributed by atoms with E-state index in [4.69, 9.17) is 0 Å². The summed E-state index contributed by atoms with van der Waals surface area (Å²) in [6, 6.07) is 14.9. The van der Waals surface area contributed by atoms with E-state index in [1.807, 2.05) is 6.07 Å². The molecule has 1 aliphatic rings. The summed E-state index contributed by atoms with van der Waals surface area (Å²) < 4.78 is 42.5. The maximum atomic E-state index is 14.4. The van der Waals surface area contributed by atoms with Crippen molar-refractivity contribution in [3.63, 3.8) is 0 Å². The number of nitrogens with zero attached hydrogens (tertiary/aromatic N) is 3. The van der Waals surface area contributed by atoms with Crippen LogP contribution in [-0.2, 0) is 10.0 Å². The molecule has 4 rings (SSSR count). The van der Waals surface area contributed by atoms with Gasteiger partial charge in [-0.15, -0.1) is 0 Å². The Morgan fingerprint density at radius 3 is 2.38 bits per heavy atom. The predicted molar refractivity (Wildman–Crippen MR) is 113 cm³/mol.